The first kappa shape index (κ1) is 17.1. The fourth-order valence-electron chi connectivity index (χ4n) is 3.08. The average Bonchev–Trinajstić information content (AvgIpc) is 2.85. The van der Waals surface area contributed by atoms with Crippen molar-refractivity contribution >= 4 is 24.3 Å². The van der Waals surface area contributed by atoms with E-state index < -0.39 is 18.4 Å². The molecule has 0 bridgehead atoms. The molecule has 3 heteroatoms. The number of cyclic esters (lactones) is 1. The van der Waals surface area contributed by atoms with Crippen molar-refractivity contribution in [2.45, 2.75) is 72.6 Å². The Hall–Kier alpha value is 0.00870. The van der Waals surface area contributed by atoms with Crippen molar-refractivity contribution in [1.82, 2.24) is 0 Å². The Bertz CT molecular complexity index is 288. The van der Waals surface area contributed by atoms with E-state index in [0.29, 0.717) is 6.61 Å². The Balaban J connectivity index is 2.87. The van der Waals surface area contributed by atoms with Crippen LogP contribution in [0.3, 0.4) is 0 Å². The van der Waals surface area contributed by atoms with Crippen molar-refractivity contribution in [2.24, 2.45) is 0 Å². The Morgan fingerprint density at radius 3 is 1.79 bits per heavy atom. The molecule has 0 aliphatic carbocycles. The van der Waals surface area contributed by atoms with Crippen LogP contribution in [0.25, 0.3) is 0 Å². The summed E-state index contributed by atoms with van der Waals surface area (Å²) in [5, 5.41) is 0. The summed E-state index contributed by atoms with van der Waals surface area (Å²) in [6.07, 6.45) is 9.73. The SMILES string of the molecule is CCC[CH2][Sn]([CH2]CCC)([CH2]CCC)[C]1=CC(=O)OC1. The summed E-state index contributed by atoms with van der Waals surface area (Å²) in [4.78, 5) is 11.5. The van der Waals surface area contributed by atoms with Crippen molar-refractivity contribution in [3.8, 4) is 0 Å². The number of hydrogen-bond donors (Lipinski definition) is 0. The fraction of sp³-hybridized carbons (Fsp3) is 0.812. The number of carbonyl (C=O) groups is 1. The first-order valence-electron chi connectivity index (χ1n) is 8.06. The second kappa shape index (κ2) is 9.04. The molecule has 110 valence electrons. The minimum atomic E-state index is -2.31. The number of ether oxygens (including phenoxy) is 1. The predicted molar refractivity (Wildman–Crippen MR) is 83.9 cm³/mol. The van der Waals surface area contributed by atoms with Gasteiger partial charge in [-0.2, -0.15) is 0 Å². The molecule has 1 aliphatic heterocycles. The van der Waals surface area contributed by atoms with Gasteiger partial charge >= 0.3 is 123 Å². The van der Waals surface area contributed by atoms with E-state index in [0.717, 1.165) is 0 Å². The molecular formula is C16H30O2Sn. The molecule has 0 aromatic rings. The van der Waals surface area contributed by atoms with Gasteiger partial charge in [0.2, 0.25) is 0 Å². The zero-order valence-corrected chi connectivity index (χ0v) is 15.8. The summed E-state index contributed by atoms with van der Waals surface area (Å²) in [5.41, 5.74) is 0. The molecule has 0 saturated heterocycles. The van der Waals surface area contributed by atoms with Crippen LogP contribution >= 0.6 is 0 Å². The fourth-order valence-corrected chi connectivity index (χ4v) is 19.1. The molecule has 0 aromatic carbocycles. The number of unbranched alkanes of at least 4 members (excludes halogenated alkanes) is 3. The zero-order chi connectivity index (χ0) is 14.1. The van der Waals surface area contributed by atoms with E-state index in [9.17, 15) is 4.79 Å². The molecule has 0 amide bonds. The third-order valence-electron chi connectivity index (χ3n) is 4.37. The molecule has 0 radical (unpaired) electrons. The van der Waals surface area contributed by atoms with Crippen molar-refractivity contribution < 1.29 is 9.53 Å². The van der Waals surface area contributed by atoms with Gasteiger partial charge in [0, 0.05) is 0 Å². The van der Waals surface area contributed by atoms with Gasteiger partial charge in [-0.05, 0) is 0 Å². The first-order chi connectivity index (χ1) is 9.18. The van der Waals surface area contributed by atoms with E-state index in [2.05, 4.69) is 20.8 Å². The minimum absolute atomic E-state index is 0.0828. The van der Waals surface area contributed by atoms with E-state index in [1.807, 2.05) is 6.08 Å². The van der Waals surface area contributed by atoms with Crippen LogP contribution in [0.5, 0.6) is 0 Å². The van der Waals surface area contributed by atoms with Crippen LogP contribution in [0.15, 0.2) is 9.67 Å². The maximum absolute atomic E-state index is 11.5. The summed E-state index contributed by atoms with van der Waals surface area (Å²) in [5.74, 6) is -0.0828. The Morgan fingerprint density at radius 2 is 1.47 bits per heavy atom. The maximum atomic E-state index is 11.5. The number of hydrogen-bond acceptors (Lipinski definition) is 2. The summed E-state index contributed by atoms with van der Waals surface area (Å²) in [6.45, 7) is 7.47. The van der Waals surface area contributed by atoms with Gasteiger partial charge in [0.05, 0.1) is 0 Å². The monoisotopic (exact) mass is 374 g/mol. The molecule has 0 saturated carbocycles. The standard InChI is InChI=1S/C4H3O2.3C4H9.Sn/c5-4-2-1-3-6-4;3*1-3-4-2;/h2H,3H2;3*1,3-4H2,2H3;. The van der Waals surface area contributed by atoms with Crippen LogP contribution in [0.1, 0.15) is 59.3 Å². The number of rotatable bonds is 10. The number of carbonyl (C=O) groups excluding carboxylic acids is 1. The van der Waals surface area contributed by atoms with Crippen LogP contribution in [-0.2, 0) is 9.53 Å². The van der Waals surface area contributed by atoms with Gasteiger partial charge in [-0.3, -0.25) is 0 Å². The molecule has 19 heavy (non-hydrogen) atoms. The molecule has 0 atom stereocenters. The quantitative estimate of drug-likeness (QED) is 0.404. The topological polar surface area (TPSA) is 26.3 Å². The van der Waals surface area contributed by atoms with E-state index >= 15 is 0 Å². The molecule has 0 unspecified atom stereocenters. The third kappa shape index (κ3) is 5.13. The van der Waals surface area contributed by atoms with E-state index in [1.54, 1.807) is 0 Å². The molecule has 0 aromatic heterocycles. The van der Waals surface area contributed by atoms with Crippen molar-refractivity contribution in [1.29, 1.82) is 0 Å². The van der Waals surface area contributed by atoms with Gasteiger partial charge in [-0.1, -0.05) is 0 Å². The molecule has 1 rings (SSSR count). The Labute approximate surface area is 122 Å². The molecule has 2 nitrogen and oxygen atoms in total. The molecule has 0 fully saturated rings. The summed E-state index contributed by atoms with van der Waals surface area (Å²) in [7, 11) is 0. The van der Waals surface area contributed by atoms with E-state index in [1.165, 1.54) is 55.4 Å². The third-order valence-corrected chi connectivity index (χ3v) is 20.3. The van der Waals surface area contributed by atoms with Crippen LogP contribution in [0, 0.1) is 0 Å². The van der Waals surface area contributed by atoms with E-state index in [4.69, 9.17) is 4.74 Å². The van der Waals surface area contributed by atoms with Crippen LogP contribution in [0.4, 0.5) is 0 Å². The first-order valence-corrected chi connectivity index (χ1v) is 15.5. The average molecular weight is 373 g/mol. The van der Waals surface area contributed by atoms with Crippen molar-refractivity contribution in [3.63, 3.8) is 0 Å². The van der Waals surface area contributed by atoms with Crippen LogP contribution in [0.2, 0.25) is 13.3 Å². The number of esters is 1. The molecule has 1 heterocycles. The Kier molecular flexibility index (Phi) is 8.12. The van der Waals surface area contributed by atoms with Crippen LogP contribution in [-0.4, -0.2) is 31.0 Å². The van der Waals surface area contributed by atoms with Crippen molar-refractivity contribution in [3.05, 3.63) is 9.67 Å². The zero-order valence-electron chi connectivity index (χ0n) is 13.0. The normalized spacial score (nSPS) is 15.5. The molecular weight excluding hydrogens is 343 g/mol. The second-order valence-corrected chi connectivity index (χ2v) is 19.3. The molecule has 0 N–H and O–H groups in total. The predicted octanol–water partition coefficient (Wildman–Crippen LogP) is 4.86. The summed E-state index contributed by atoms with van der Waals surface area (Å²) < 4.78 is 11.0. The van der Waals surface area contributed by atoms with Crippen molar-refractivity contribution in [2.75, 3.05) is 6.61 Å². The summed E-state index contributed by atoms with van der Waals surface area (Å²) in [6, 6.07) is 0. The van der Waals surface area contributed by atoms with Crippen LogP contribution < -0.4 is 0 Å². The second-order valence-electron chi connectivity index (χ2n) is 5.87. The summed E-state index contributed by atoms with van der Waals surface area (Å²) >= 11 is -2.31. The Morgan fingerprint density at radius 1 is 1.00 bits per heavy atom. The van der Waals surface area contributed by atoms with Gasteiger partial charge in [0.25, 0.3) is 0 Å². The van der Waals surface area contributed by atoms with Gasteiger partial charge < -0.3 is 0 Å². The van der Waals surface area contributed by atoms with Gasteiger partial charge in [-0.25, -0.2) is 0 Å². The van der Waals surface area contributed by atoms with Gasteiger partial charge in [0.15, 0.2) is 0 Å². The van der Waals surface area contributed by atoms with Gasteiger partial charge in [0.1, 0.15) is 0 Å². The molecule has 1 aliphatic rings. The molecule has 0 spiro atoms. The van der Waals surface area contributed by atoms with Gasteiger partial charge in [-0.15, -0.1) is 0 Å². The van der Waals surface area contributed by atoms with E-state index in [-0.39, 0.29) is 5.97 Å².